The first kappa shape index (κ1) is 17.8. The topological polar surface area (TPSA) is 54.4 Å². The van der Waals surface area contributed by atoms with Crippen molar-refractivity contribution in [3.8, 4) is 11.1 Å². The fourth-order valence-electron chi connectivity index (χ4n) is 3.86. The highest BCUT2D eigenvalue weighted by molar-refractivity contribution is 7.99. The highest BCUT2D eigenvalue weighted by Crippen LogP contribution is 2.43. The molecule has 4 rings (SSSR count). The molecule has 0 radical (unpaired) electrons. The number of carboxylic acid groups (broad SMARTS) is 1. The van der Waals surface area contributed by atoms with E-state index in [-0.39, 0.29) is 16.6 Å². The van der Waals surface area contributed by atoms with Gasteiger partial charge in [-0.15, -0.1) is 11.8 Å². The Morgan fingerprint density at radius 1 is 1.15 bits per heavy atom. The second kappa shape index (κ2) is 6.56. The highest BCUT2D eigenvalue weighted by Gasteiger charge is 2.28. The van der Waals surface area contributed by atoms with Crippen LogP contribution < -0.4 is 0 Å². The van der Waals surface area contributed by atoms with Crippen molar-refractivity contribution in [2.75, 3.05) is 5.75 Å². The van der Waals surface area contributed by atoms with Crippen molar-refractivity contribution < 1.29 is 14.7 Å². The molecule has 0 unspecified atom stereocenters. The minimum atomic E-state index is -1.09. The molecule has 1 aliphatic carbocycles. The zero-order valence-corrected chi connectivity index (χ0v) is 16.2. The van der Waals surface area contributed by atoms with Crippen LogP contribution in [-0.4, -0.2) is 22.8 Å². The lowest BCUT2D eigenvalue weighted by molar-refractivity contribution is -0.132. The van der Waals surface area contributed by atoms with Crippen molar-refractivity contribution >= 4 is 29.2 Å². The lowest BCUT2D eigenvalue weighted by Gasteiger charge is -2.32. The lowest BCUT2D eigenvalue weighted by Crippen LogP contribution is -2.22. The summed E-state index contributed by atoms with van der Waals surface area (Å²) in [5.74, 6) is 1.88. The maximum atomic E-state index is 11.4. The molecule has 0 spiro atoms. The third-order valence-corrected chi connectivity index (χ3v) is 6.60. The predicted octanol–water partition coefficient (Wildman–Crippen LogP) is 4.91. The fraction of sp³-hybridized carbons (Fsp3) is 0.261. The average molecular weight is 376 g/mol. The first-order valence-corrected chi connectivity index (χ1v) is 9.99. The van der Waals surface area contributed by atoms with E-state index in [9.17, 15) is 14.7 Å². The van der Waals surface area contributed by atoms with Crippen LogP contribution in [0.2, 0.25) is 0 Å². The molecule has 1 N–H and O–H groups in total. The highest BCUT2D eigenvalue weighted by atomic mass is 32.2. The van der Waals surface area contributed by atoms with Gasteiger partial charge in [0, 0.05) is 4.90 Å². The molecule has 1 aliphatic heterocycles. The number of fused-ring (bicyclic) bond motifs is 2. The summed E-state index contributed by atoms with van der Waals surface area (Å²) in [7, 11) is 0. The van der Waals surface area contributed by atoms with Gasteiger partial charge in [-0.1, -0.05) is 44.2 Å². The van der Waals surface area contributed by atoms with E-state index in [1.807, 2.05) is 29.8 Å². The molecule has 0 saturated heterocycles. The third kappa shape index (κ3) is 3.05. The van der Waals surface area contributed by atoms with E-state index in [0.29, 0.717) is 12.0 Å². The van der Waals surface area contributed by atoms with Crippen LogP contribution in [-0.2, 0) is 21.4 Å². The van der Waals surface area contributed by atoms with E-state index in [4.69, 9.17) is 0 Å². The first-order chi connectivity index (χ1) is 12.9. The molecule has 3 nitrogen and oxygen atoms in total. The van der Waals surface area contributed by atoms with Gasteiger partial charge in [-0.2, -0.15) is 0 Å². The summed E-state index contributed by atoms with van der Waals surface area (Å²) in [6.07, 6.45) is 3.26. The van der Waals surface area contributed by atoms with Gasteiger partial charge in [0.1, 0.15) is 5.94 Å². The standard InChI is InChI=1S/C23H20O3S/c1-23(2)9-10-27-21-8-5-15(12-20(21)23)14-3-6-17-16(11-14)4-7-18(22(25)26)19(17)13-24/h3,5-8,11-12H,4,9-10H2,1-2H3,(H,25,26). The minimum absolute atomic E-state index is 0.0396. The molecule has 2 aromatic rings. The second-order valence-electron chi connectivity index (χ2n) is 7.67. The smallest absolute Gasteiger partial charge is 0.336 e. The number of thioether (sulfide) groups is 1. The first-order valence-electron chi connectivity index (χ1n) is 9.00. The van der Waals surface area contributed by atoms with Gasteiger partial charge < -0.3 is 5.11 Å². The Hall–Kier alpha value is -2.55. The molecule has 0 aromatic heterocycles. The van der Waals surface area contributed by atoms with Crippen LogP contribution in [0, 0.1) is 0 Å². The number of carbonyl (C=O) groups is 1. The normalized spacial score (nSPS) is 17.4. The zero-order valence-electron chi connectivity index (χ0n) is 15.3. The quantitative estimate of drug-likeness (QED) is 0.757. The predicted molar refractivity (Wildman–Crippen MR) is 109 cm³/mol. The maximum Gasteiger partial charge on any atom is 0.336 e. The van der Waals surface area contributed by atoms with Gasteiger partial charge in [0.05, 0.1) is 11.1 Å². The van der Waals surface area contributed by atoms with Crippen molar-refractivity contribution in [3.63, 3.8) is 0 Å². The Morgan fingerprint density at radius 3 is 2.63 bits per heavy atom. The van der Waals surface area contributed by atoms with Crippen molar-refractivity contribution in [2.45, 2.75) is 37.0 Å². The van der Waals surface area contributed by atoms with Crippen LogP contribution >= 0.6 is 11.8 Å². The summed E-state index contributed by atoms with van der Waals surface area (Å²) in [6.45, 7) is 4.59. The van der Waals surface area contributed by atoms with Crippen molar-refractivity contribution in [1.82, 2.24) is 0 Å². The van der Waals surface area contributed by atoms with Gasteiger partial charge in [-0.25, -0.2) is 9.59 Å². The van der Waals surface area contributed by atoms with Crippen LogP contribution in [0.25, 0.3) is 16.7 Å². The summed E-state index contributed by atoms with van der Waals surface area (Å²) in [4.78, 5) is 24.1. The number of carbonyl (C=O) groups excluding carboxylic acids is 1. The van der Waals surface area contributed by atoms with Crippen LogP contribution in [0.5, 0.6) is 0 Å². The van der Waals surface area contributed by atoms with Gasteiger partial charge in [0.15, 0.2) is 0 Å². The largest absolute Gasteiger partial charge is 0.478 e. The molecule has 0 fully saturated rings. The molecule has 0 atom stereocenters. The SMILES string of the molecule is CC1(C)CCSc2ccc(-c3ccc4c(c3)CC=C(C(=O)O)C4=C=O)cc21. The van der Waals surface area contributed by atoms with Crippen LogP contribution in [0.1, 0.15) is 37.0 Å². The fourth-order valence-corrected chi connectivity index (χ4v) is 5.35. The van der Waals surface area contributed by atoms with Gasteiger partial charge >= 0.3 is 5.97 Å². The third-order valence-electron chi connectivity index (χ3n) is 5.53. The summed E-state index contributed by atoms with van der Waals surface area (Å²) in [5.41, 5.74) is 5.59. The number of allylic oxidation sites excluding steroid dienone is 1. The van der Waals surface area contributed by atoms with E-state index in [0.717, 1.165) is 28.9 Å². The zero-order chi connectivity index (χ0) is 19.2. The Morgan fingerprint density at radius 2 is 1.89 bits per heavy atom. The Labute approximate surface area is 162 Å². The molecule has 2 aromatic carbocycles. The number of aliphatic carboxylic acids is 1. The van der Waals surface area contributed by atoms with Crippen LogP contribution in [0.4, 0.5) is 0 Å². The van der Waals surface area contributed by atoms with Gasteiger partial charge in [0.2, 0.25) is 0 Å². The molecule has 0 amide bonds. The van der Waals surface area contributed by atoms with Gasteiger partial charge in [0.25, 0.3) is 0 Å². The summed E-state index contributed by atoms with van der Waals surface area (Å²) < 4.78 is 0. The summed E-state index contributed by atoms with van der Waals surface area (Å²) in [5, 5.41) is 9.29. The van der Waals surface area contributed by atoms with Crippen molar-refractivity contribution in [1.29, 1.82) is 0 Å². The summed E-state index contributed by atoms with van der Waals surface area (Å²) in [6, 6.07) is 12.5. The summed E-state index contributed by atoms with van der Waals surface area (Å²) >= 11 is 1.91. The molecule has 2 aliphatic rings. The number of benzene rings is 2. The number of hydrogen-bond acceptors (Lipinski definition) is 3. The second-order valence-corrected chi connectivity index (χ2v) is 8.81. The Kier molecular flexibility index (Phi) is 4.33. The lowest BCUT2D eigenvalue weighted by atomic mass is 9.80. The molecule has 136 valence electrons. The molecule has 1 heterocycles. The average Bonchev–Trinajstić information content (AvgIpc) is 2.66. The molecular weight excluding hydrogens is 356 g/mol. The Balaban J connectivity index is 1.78. The van der Waals surface area contributed by atoms with Gasteiger partial charge in [-0.3, -0.25) is 0 Å². The van der Waals surface area contributed by atoms with Crippen LogP contribution in [0.3, 0.4) is 0 Å². The van der Waals surface area contributed by atoms with Crippen molar-refractivity contribution in [3.05, 3.63) is 64.7 Å². The van der Waals surface area contributed by atoms with E-state index < -0.39 is 5.97 Å². The molecule has 4 heteroatoms. The van der Waals surface area contributed by atoms with Crippen molar-refractivity contribution in [2.24, 2.45) is 0 Å². The molecule has 27 heavy (non-hydrogen) atoms. The van der Waals surface area contributed by atoms with Gasteiger partial charge in [-0.05, 0) is 64.0 Å². The van der Waals surface area contributed by atoms with E-state index in [1.165, 1.54) is 10.5 Å². The minimum Gasteiger partial charge on any atom is -0.478 e. The Bertz CT molecular complexity index is 1040. The monoisotopic (exact) mass is 376 g/mol. The van der Waals surface area contributed by atoms with E-state index >= 15 is 0 Å². The maximum absolute atomic E-state index is 11.4. The molecule has 0 bridgehead atoms. The number of rotatable bonds is 2. The number of carboxylic acids is 1. The number of hydrogen-bond donors (Lipinski definition) is 1. The molecule has 0 saturated carbocycles. The molecular formula is C23H20O3S. The van der Waals surface area contributed by atoms with E-state index in [1.54, 1.807) is 6.08 Å². The van der Waals surface area contributed by atoms with Crippen LogP contribution in [0.15, 0.2) is 52.9 Å². The van der Waals surface area contributed by atoms with E-state index in [2.05, 4.69) is 38.1 Å².